The SMILES string of the molecule is COc1ccc(C(=O)O)cc1CN1C(=O)CCCCC1=O. The number of benzene rings is 1. The Morgan fingerprint density at radius 3 is 2.38 bits per heavy atom. The average Bonchev–Trinajstić information content (AvgIpc) is 2.62. The van der Waals surface area contributed by atoms with E-state index in [9.17, 15) is 14.4 Å². The summed E-state index contributed by atoms with van der Waals surface area (Å²) in [4.78, 5) is 36.2. The highest BCUT2D eigenvalue weighted by Gasteiger charge is 2.25. The van der Waals surface area contributed by atoms with Gasteiger partial charge in [-0.3, -0.25) is 14.5 Å². The highest BCUT2D eigenvalue weighted by Crippen LogP contribution is 2.24. The predicted molar refractivity (Wildman–Crippen MR) is 74.0 cm³/mol. The molecule has 1 aliphatic rings. The van der Waals surface area contributed by atoms with Gasteiger partial charge in [-0.15, -0.1) is 0 Å². The lowest BCUT2D eigenvalue weighted by Gasteiger charge is -2.20. The number of amides is 2. The van der Waals surface area contributed by atoms with Gasteiger partial charge in [0.05, 0.1) is 19.2 Å². The molecule has 112 valence electrons. The first-order chi connectivity index (χ1) is 10.0. The first-order valence-electron chi connectivity index (χ1n) is 6.76. The Kier molecular flexibility index (Phi) is 4.57. The van der Waals surface area contributed by atoms with Gasteiger partial charge in [-0.1, -0.05) is 0 Å². The average molecular weight is 291 g/mol. The van der Waals surface area contributed by atoms with Crippen molar-refractivity contribution >= 4 is 17.8 Å². The van der Waals surface area contributed by atoms with E-state index in [1.54, 1.807) is 0 Å². The summed E-state index contributed by atoms with van der Waals surface area (Å²) in [6, 6.07) is 4.40. The van der Waals surface area contributed by atoms with Crippen LogP contribution in [0.1, 0.15) is 41.6 Å². The molecule has 1 aromatic rings. The molecule has 2 rings (SSSR count). The Morgan fingerprint density at radius 2 is 1.86 bits per heavy atom. The van der Waals surface area contributed by atoms with Crippen LogP contribution in [0.2, 0.25) is 0 Å². The molecule has 1 aromatic carbocycles. The number of likely N-dealkylation sites (tertiary alicyclic amines) is 1. The van der Waals surface area contributed by atoms with Gasteiger partial charge in [-0.25, -0.2) is 4.79 Å². The van der Waals surface area contributed by atoms with Crippen molar-refractivity contribution in [1.82, 2.24) is 4.90 Å². The van der Waals surface area contributed by atoms with Crippen molar-refractivity contribution in [1.29, 1.82) is 0 Å². The van der Waals surface area contributed by atoms with Gasteiger partial charge in [-0.05, 0) is 31.0 Å². The van der Waals surface area contributed by atoms with Crippen LogP contribution in [0.5, 0.6) is 5.75 Å². The molecular weight excluding hydrogens is 274 g/mol. The molecule has 0 spiro atoms. The van der Waals surface area contributed by atoms with Crippen molar-refractivity contribution in [2.24, 2.45) is 0 Å². The normalized spacial score (nSPS) is 15.8. The summed E-state index contributed by atoms with van der Waals surface area (Å²) in [5.41, 5.74) is 0.613. The number of hydrogen-bond acceptors (Lipinski definition) is 4. The van der Waals surface area contributed by atoms with Gasteiger partial charge >= 0.3 is 5.97 Å². The van der Waals surface area contributed by atoms with E-state index in [4.69, 9.17) is 9.84 Å². The lowest BCUT2D eigenvalue weighted by atomic mass is 10.1. The fourth-order valence-electron chi connectivity index (χ4n) is 2.34. The molecular formula is C15H17NO5. The van der Waals surface area contributed by atoms with Gasteiger partial charge in [0.15, 0.2) is 0 Å². The highest BCUT2D eigenvalue weighted by molar-refractivity contribution is 5.96. The number of carbonyl (C=O) groups is 3. The number of ether oxygens (including phenoxy) is 1. The summed E-state index contributed by atoms with van der Waals surface area (Å²) in [5, 5.41) is 9.04. The van der Waals surface area contributed by atoms with Crippen LogP contribution in [0.25, 0.3) is 0 Å². The van der Waals surface area contributed by atoms with Crippen LogP contribution in [0, 0.1) is 0 Å². The second-order valence-corrected chi connectivity index (χ2v) is 4.91. The topological polar surface area (TPSA) is 83.9 Å². The molecule has 0 radical (unpaired) electrons. The molecule has 1 aliphatic heterocycles. The molecule has 0 bridgehead atoms. The molecule has 0 aromatic heterocycles. The second kappa shape index (κ2) is 6.39. The van der Waals surface area contributed by atoms with Crippen molar-refractivity contribution < 1.29 is 24.2 Å². The first-order valence-corrected chi connectivity index (χ1v) is 6.76. The summed E-state index contributed by atoms with van der Waals surface area (Å²) in [6.07, 6.45) is 2.08. The van der Waals surface area contributed by atoms with E-state index in [1.807, 2.05) is 0 Å². The lowest BCUT2D eigenvalue weighted by molar-refractivity contribution is -0.144. The Balaban J connectivity index is 2.31. The van der Waals surface area contributed by atoms with E-state index in [0.717, 1.165) is 0 Å². The molecule has 6 heteroatoms. The molecule has 2 amide bonds. The zero-order valence-corrected chi connectivity index (χ0v) is 11.8. The minimum Gasteiger partial charge on any atom is -0.496 e. The van der Waals surface area contributed by atoms with Crippen molar-refractivity contribution in [2.75, 3.05) is 7.11 Å². The first kappa shape index (κ1) is 15.0. The van der Waals surface area contributed by atoms with Crippen LogP contribution in [0.15, 0.2) is 18.2 Å². The second-order valence-electron chi connectivity index (χ2n) is 4.91. The maximum absolute atomic E-state index is 12.0. The van der Waals surface area contributed by atoms with Crippen LogP contribution >= 0.6 is 0 Å². The Bertz CT molecular complexity index is 563. The summed E-state index contributed by atoms with van der Waals surface area (Å²) in [6.45, 7) is 0.0436. The van der Waals surface area contributed by atoms with E-state index in [1.165, 1.54) is 30.2 Å². The fourth-order valence-corrected chi connectivity index (χ4v) is 2.34. The molecule has 1 N–H and O–H groups in total. The van der Waals surface area contributed by atoms with Gasteiger partial charge in [0, 0.05) is 18.4 Å². The molecule has 21 heavy (non-hydrogen) atoms. The summed E-state index contributed by atoms with van der Waals surface area (Å²) < 4.78 is 5.18. The number of nitrogens with zero attached hydrogens (tertiary/aromatic N) is 1. The lowest BCUT2D eigenvalue weighted by Crippen LogP contribution is -2.34. The number of rotatable bonds is 4. The van der Waals surface area contributed by atoms with Crippen LogP contribution < -0.4 is 4.74 Å². The maximum Gasteiger partial charge on any atom is 0.335 e. The van der Waals surface area contributed by atoms with Gasteiger partial charge in [0.2, 0.25) is 11.8 Å². The number of carbonyl (C=O) groups excluding carboxylic acids is 2. The minimum absolute atomic E-state index is 0.0436. The standard InChI is InChI=1S/C15H17NO5/c1-21-12-7-6-10(15(19)20)8-11(12)9-16-13(17)4-2-3-5-14(16)18/h6-8H,2-5,9H2,1H3,(H,19,20). The number of hydrogen-bond donors (Lipinski definition) is 1. The van der Waals surface area contributed by atoms with Gasteiger partial charge in [0.1, 0.15) is 5.75 Å². The molecule has 6 nitrogen and oxygen atoms in total. The summed E-state index contributed by atoms with van der Waals surface area (Å²) in [7, 11) is 1.46. The van der Waals surface area contributed by atoms with Crippen molar-refractivity contribution in [3.05, 3.63) is 29.3 Å². The maximum atomic E-state index is 12.0. The van der Waals surface area contributed by atoms with Crippen LogP contribution in [0.3, 0.4) is 0 Å². The van der Waals surface area contributed by atoms with Crippen molar-refractivity contribution in [3.63, 3.8) is 0 Å². The van der Waals surface area contributed by atoms with E-state index in [0.29, 0.717) is 37.0 Å². The van der Waals surface area contributed by atoms with E-state index in [-0.39, 0.29) is 23.9 Å². The molecule has 1 heterocycles. The van der Waals surface area contributed by atoms with Gasteiger partial charge in [0.25, 0.3) is 0 Å². The Hall–Kier alpha value is -2.37. The van der Waals surface area contributed by atoms with E-state index in [2.05, 4.69) is 0 Å². The molecule has 0 aliphatic carbocycles. The smallest absolute Gasteiger partial charge is 0.335 e. The Morgan fingerprint density at radius 1 is 1.24 bits per heavy atom. The van der Waals surface area contributed by atoms with Crippen molar-refractivity contribution in [3.8, 4) is 5.75 Å². The summed E-state index contributed by atoms with van der Waals surface area (Å²) in [5.74, 6) is -1.04. The third-order valence-electron chi connectivity index (χ3n) is 3.49. The highest BCUT2D eigenvalue weighted by atomic mass is 16.5. The van der Waals surface area contributed by atoms with Crippen LogP contribution in [0.4, 0.5) is 0 Å². The van der Waals surface area contributed by atoms with Crippen molar-refractivity contribution in [2.45, 2.75) is 32.2 Å². The zero-order chi connectivity index (χ0) is 15.4. The number of imide groups is 1. The van der Waals surface area contributed by atoms with Crippen LogP contribution in [-0.2, 0) is 16.1 Å². The molecule has 1 fully saturated rings. The predicted octanol–water partition coefficient (Wildman–Crippen LogP) is 1.82. The van der Waals surface area contributed by atoms with Crippen LogP contribution in [-0.4, -0.2) is 34.9 Å². The summed E-state index contributed by atoms with van der Waals surface area (Å²) >= 11 is 0. The number of carboxylic acids is 1. The quantitative estimate of drug-likeness (QED) is 0.855. The number of carboxylic acid groups (broad SMARTS) is 1. The zero-order valence-electron chi connectivity index (χ0n) is 11.8. The van der Waals surface area contributed by atoms with E-state index >= 15 is 0 Å². The molecule has 0 unspecified atom stereocenters. The molecule has 0 saturated carbocycles. The monoisotopic (exact) mass is 291 g/mol. The molecule has 0 atom stereocenters. The van der Waals surface area contributed by atoms with Gasteiger partial charge in [-0.2, -0.15) is 0 Å². The number of methoxy groups -OCH3 is 1. The minimum atomic E-state index is -1.06. The van der Waals surface area contributed by atoms with Gasteiger partial charge < -0.3 is 9.84 Å². The fraction of sp³-hybridized carbons (Fsp3) is 0.400. The number of aromatic carboxylic acids is 1. The molecule has 1 saturated heterocycles. The largest absolute Gasteiger partial charge is 0.496 e. The van der Waals surface area contributed by atoms with E-state index < -0.39 is 5.97 Å². The third-order valence-corrected chi connectivity index (χ3v) is 3.49. The third kappa shape index (κ3) is 3.39. The Labute approximate surface area is 122 Å².